The highest BCUT2D eigenvalue weighted by atomic mass is 16.2. The molecule has 0 fully saturated rings. The van der Waals surface area contributed by atoms with Crippen molar-refractivity contribution in [2.45, 2.75) is 20.0 Å². The Balaban J connectivity index is 2.26. The van der Waals surface area contributed by atoms with Crippen LogP contribution in [0, 0.1) is 0 Å². The molecule has 0 saturated heterocycles. The van der Waals surface area contributed by atoms with E-state index in [4.69, 9.17) is 0 Å². The summed E-state index contributed by atoms with van der Waals surface area (Å²) in [6.45, 7) is 6.62. The van der Waals surface area contributed by atoms with Crippen LogP contribution < -0.4 is 0 Å². The Morgan fingerprint density at radius 3 is 2.88 bits per heavy atom. The van der Waals surface area contributed by atoms with Crippen molar-refractivity contribution in [3.63, 3.8) is 0 Å². The quantitative estimate of drug-likeness (QED) is 0.541. The van der Waals surface area contributed by atoms with Crippen LogP contribution >= 0.6 is 0 Å². The number of Topliss-reactive ketones (excluding diaryl/α,β-unsaturated/α-hetero) is 1. The summed E-state index contributed by atoms with van der Waals surface area (Å²) in [5, 5.41) is 0. The number of hydrogen-bond donors (Lipinski definition) is 0. The number of hydrogen-bond acceptors (Lipinski definition) is 3. The van der Waals surface area contributed by atoms with Crippen LogP contribution in [-0.2, 0) is 17.9 Å². The molecule has 0 aromatic carbocycles. The number of aromatic nitrogens is 2. The second kappa shape index (κ2) is 3.92. The summed E-state index contributed by atoms with van der Waals surface area (Å²) in [6, 6.07) is 0. The number of fused-ring (bicyclic) bond motifs is 1. The number of imidazole rings is 1. The lowest BCUT2D eigenvalue weighted by molar-refractivity contribution is -0.127. The maximum atomic E-state index is 11.4. The molecule has 1 amide bonds. The first-order chi connectivity index (χ1) is 7.63. The number of ketones is 1. The Morgan fingerprint density at radius 2 is 2.25 bits per heavy atom. The van der Waals surface area contributed by atoms with Gasteiger partial charge >= 0.3 is 0 Å². The summed E-state index contributed by atoms with van der Waals surface area (Å²) >= 11 is 0. The van der Waals surface area contributed by atoms with Crippen molar-refractivity contribution < 1.29 is 9.59 Å². The van der Waals surface area contributed by atoms with E-state index >= 15 is 0 Å². The van der Waals surface area contributed by atoms with Gasteiger partial charge in [-0.1, -0.05) is 6.58 Å². The van der Waals surface area contributed by atoms with E-state index in [1.54, 1.807) is 11.1 Å². The zero-order valence-electron chi connectivity index (χ0n) is 9.14. The molecular weight excluding hydrogens is 206 g/mol. The summed E-state index contributed by atoms with van der Waals surface area (Å²) in [5.74, 6) is 0.660. The highest BCUT2D eigenvalue weighted by Gasteiger charge is 2.22. The normalized spacial score (nSPS) is 14.4. The Morgan fingerprint density at radius 1 is 1.50 bits per heavy atom. The fourth-order valence-corrected chi connectivity index (χ4v) is 1.86. The summed E-state index contributed by atoms with van der Waals surface area (Å²) < 4.78 is 1.87. The van der Waals surface area contributed by atoms with Gasteiger partial charge in [-0.15, -0.1) is 0 Å². The van der Waals surface area contributed by atoms with E-state index in [-0.39, 0.29) is 11.7 Å². The molecule has 0 aliphatic carbocycles. The van der Waals surface area contributed by atoms with Gasteiger partial charge in [-0.2, -0.15) is 0 Å². The smallest absolute Gasteiger partial charge is 0.246 e. The summed E-state index contributed by atoms with van der Waals surface area (Å²) in [5.41, 5.74) is 0.612. The first kappa shape index (κ1) is 10.6. The highest BCUT2D eigenvalue weighted by Crippen LogP contribution is 2.14. The van der Waals surface area contributed by atoms with Crippen LogP contribution in [0.2, 0.25) is 0 Å². The summed E-state index contributed by atoms with van der Waals surface area (Å²) in [7, 11) is 0. The summed E-state index contributed by atoms with van der Waals surface area (Å²) in [4.78, 5) is 28.5. The largest absolute Gasteiger partial charge is 0.330 e. The number of nitrogens with zero attached hydrogens (tertiary/aromatic N) is 3. The third kappa shape index (κ3) is 1.64. The van der Waals surface area contributed by atoms with Gasteiger partial charge < -0.3 is 9.47 Å². The SMILES string of the molecule is C=CC(=O)N1CCn2c(C(C)=O)cnc2C1. The lowest BCUT2D eigenvalue weighted by Crippen LogP contribution is -2.38. The monoisotopic (exact) mass is 219 g/mol. The molecular formula is C11H13N3O2. The maximum Gasteiger partial charge on any atom is 0.246 e. The molecule has 1 aliphatic heterocycles. The predicted octanol–water partition coefficient (Wildman–Crippen LogP) is 0.614. The van der Waals surface area contributed by atoms with Gasteiger partial charge in [0, 0.05) is 20.0 Å². The molecule has 1 aromatic heterocycles. The predicted molar refractivity (Wildman–Crippen MR) is 57.8 cm³/mol. The first-order valence-corrected chi connectivity index (χ1v) is 5.10. The minimum atomic E-state index is -0.0985. The van der Waals surface area contributed by atoms with Gasteiger partial charge in [-0.3, -0.25) is 9.59 Å². The average Bonchev–Trinajstić information content (AvgIpc) is 2.70. The number of amides is 1. The van der Waals surface area contributed by atoms with Crippen molar-refractivity contribution in [2.24, 2.45) is 0 Å². The van der Waals surface area contributed by atoms with Gasteiger partial charge in [-0.05, 0) is 6.08 Å². The van der Waals surface area contributed by atoms with Crippen LogP contribution in [0.5, 0.6) is 0 Å². The number of rotatable bonds is 2. The molecule has 84 valence electrons. The first-order valence-electron chi connectivity index (χ1n) is 5.10. The van der Waals surface area contributed by atoms with E-state index in [0.717, 1.165) is 5.82 Å². The van der Waals surface area contributed by atoms with Crippen molar-refractivity contribution >= 4 is 11.7 Å². The molecule has 0 N–H and O–H groups in total. The lowest BCUT2D eigenvalue weighted by Gasteiger charge is -2.27. The number of carbonyl (C=O) groups excluding carboxylic acids is 2. The van der Waals surface area contributed by atoms with Gasteiger partial charge in [0.05, 0.1) is 12.7 Å². The van der Waals surface area contributed by atoms with Crippen molar-refractivity contribution in [3.8, 4) is 0 Å². The van der Waals surface area contributed by atoms with Gasteiger partial charge in [0.2, 0.25) is 5.91 Å². The molecule has 5 nitrogen and oxygen atoms in total. The number of carbonyl (C=O) groups is 2. The summed E-state index contributed by atoms with van der Waals surface area (Å²) in [6.07, 6.45) is 2.87. The second-order valence-electron chi connectivity index (χ2n) is 3.73. The minimum Gasteiger partial charge on any atom is -0.330 e. The molecule has 0 bridgehead atoms. The molecule has 2 rings (SSSR count). The van der Waals surface area contributed by atoms with Crippen LogP contribution in [0.3, 0.4) is 0 Å². The van der Waals surface area contributed by atoms with Crippen LogP contribution in [0.4, 0.5) is 0 Å². The van der Waals surface area contributed by atoms with E-state index in [2.05, 4.69) is 11.6 Å². The molecule has 0 spiro atoms. The van der Waals surface area contributed by atoms with Gasteiger partial charge in [0.15, 0.2) is 5.78 Å². The molecule has 16 heavy (non-hydrogen) atoms. The molecule has 0 saturated carbocycles. The van der Waals surface area contributed by atoms with E-state index in [9.17, 15) is 9.59 Å². The topological polar surface area (TPSA) is 55.2 Å². The Labute approximate surface area is 93.4 Å². The molecule has 0 atom stereocenters. The van der Waals surface area contributed by atoms with Crippen molar-refractivity contribution in [2.75, 3.05) is 6.54 Å². The zero-order chi connectivity index (χ0) is 11.7. The fraction of sp³-hybridized carbons (Fsp3) is 0.364. The van der Waals surface area contributed by atoms with Gasteiger partial charge in [-0.25, -0.2) is 4.98 Å². The standard InChI is InChI=1S/C11H13N3O2/c1-3-11(16)13-4-5-14-9(8(2)15)6-12-10(14)7-13/h3,6H,1,4-5,7H2,2H3. The lowest BCUT2D eigenvalue weighted by atomic mass is 10.3. The molecule has 1 aromatic rings. The van der Waals surface area contributed by atoms with E-state index in [1.165, 1.54) is 13.0 Å². The van der Waals surface area contributed by atoms with Crippen LogP contribution in [0.25, 0.3) is 0 Å². The van der Waals surface area contributed by atoms with Gasteiger partial charge in [0.25, 0.3) is 0 Å². The molecule has 1 aliphatic rings. The van der Waals surface area contributed by atoms with Crippen LogP contribution in [0.1, 0.15) is 23.2 Å². The third-order valence-electron chi connectivity index (χ3n) is 2.71. The Bertz CT molecular complexity index is 462. The maximum absolute atomic E-state index is 11.4. The van der Waals surface area contributed by atoms with E-state index in [1.807, 2.05) is 4.57 Å². The van der Waals surface area contributed by atoms with E-state index < -0.39 is 0 Å². The second-order valence-corrected chi connectivity index (χ2v) is 3.73. The fourth-order valence-electron chi connectivity index (χ4n) is 1.86. The molecule has 5 heteroatoms. The van der Waals surface area contributed by atoms with Gasteiger partial charge in [0.1, 0.15) is 11.5 Å². The molecule has 0 radical (unpaired) electrons. The third-order valence-corrected chi connectivity index (χ3v) is 2.71. The Hall–Kier alpha value is -1.91. The molecule has 0 unspecified atom stereocenters. The van der Waals surface area contributed by atoms with Crippen molar-refractivity contribution in [1.29, 1.82) is 0 Å². The average molecular weight is 219 g/mol. The molecule has 2 heterocycles. The zero-order valence-corrected chi connectivity index (χ0v) is 9.14. The van der Waals surface area contributed by atoms with E-state index in [0.29, 0.717) is 25.3 Å². The Kier molecular flexibility index (Phi) is 2.60. The van der Waals surface area contributed by atoms with Crippen molar-refractivity contribution in [3.05, 3.63) is 30.4 Å². The van der Waals surface area contributed by atoms with Crippen molar-refractivity contribution in [1.82, 2.24) is 14.5 Å². The van der Waals surface area contributed by atoms with Crippen LogP contribution in [-0.4, -0.2) is 32.7 Å². The minimum absolute atomic E-state index is 0.00208. The highest BCUT2D eigenvalue weighted by molar-refractivity contribution is 5.92. The van der Waals surface area contributed by atoms with Crippen LogP contribution in [0.15, 0.2) is 18.9 Å².